The lowest BCUT2D eigenvalue weighted by Crippen LogP contribution is -2.58. The van der Waals surface area contributed by atoms with E-state index in [0.717, 1.165) is 12.4 Å². The molecule has 3 heterocycles. The number of nitrogens with zero attached hydrogens (tertiary/aromatic N) is 2. The number of carbonyl (C=O) groups is 17. The maximum Gasteiger partial charge on any atom is 0.471 e. The summed E-state index contributed by atoms with van der Waals surface area (Å²) >= 11 is 0. The summed E-state index contributed by atoms with van der Waals surface area (Å²) in [5, 5.41) is 77.4. The molecule has 0 aliphatic carbocycles. The van der Waals surface area contributed by atoms with Crippen LogP contribution in [0.4, 0.5) is 32.2 Å². The van der Waals surface area contributed by atoms with Crippen molar-refractivity contribution in [2.75, 3.05) is 44.7 Å². The van der Waals surface area contributed by atoms with Gasteiger partial charge in [0.05, 0.1) is 42.6 Å². The van der Waals surface area contributed by atoms with Crippen molar-refractivity contribution in [1.82, 2.24) is 95.4 Å². The number of aromatic nitrogens is 1. The van der Waals surface area contributed by atoms with E-state index in [1.165, 1.54) is 47.0 Å². The number of carboxylic acid groups (broad SMARTS) is 2. The monoisotopic (exact) mass is 1810 g/mol. The number of carbonyl (C=O) groups excluding carboxylic acids is 15. The molecular weight excluding hydrogens is 1720 g/mol. The number of hydrazone groups is 1. The third-order valence-electron chi connectivity index (χ3n) is 18.6. The number of guanidine groups is 2. The normalized spacial score (nSPS) is 19.4. The highest BCUT2D eigenvalue weighted by molar-refractivity contribution is 8.19. The predicted molar refractivity (Wildman–Crippen MR) is 434 cm³/mol. The van der Waals surface area contributed by atoms with Crippen LogP contribution < -0.4 is 95.8 Å². The van der Waals surface area contributed by atoms with Crippen LogP contribution in [0.2, 0.25) is 0 Å². The molecule has 3 aromatic carbocycles. The van der Waals surface area contributed by atoms with E-state index in [-0.39, 0.29) is 99.1 Å². The number of pyridine rings is 1. The molecule has 0 bridgehead atoms. The third kappa shape index (κ3) is 36.8. The predicted octanol–water partition coefficient (Wildman–Crippen LogP) is -1.90. The number of benzene rings is 3. The molecule has 2 saturated heterocycles. The summed E-state index contributed by atoms with van der Waals surface area (Å²) in [4.78, 5) is 232. The van der Waals surface area contributed by atoms with Gasteiger partial charge >= 0.3 is 36.1 Å². The van der Waals surface area contributed by atoms with Gasteiger partial charge in [0.2, 0.25) is 70.9 Å². The van der Waals surface area contributed by atoms with Crippen LogP contribution in [0.5, 0.6) is 0 Å². The third-order valence-corrected chi connectivity index (χ3v) is 19.5. The number of alkyl halides is 6. The van der Waals surface area contributed by atoms with Gasteiger partial charge in [-0.15, -0.1) is 0 Å². The van der Waals surface area contributed by atoms with Gasteiger partial charge in [-0.1, -0.05) is 78.9 Å². The van der Waals surface area contributed by atoms with E-state index >= 15 is 0 Å². The first-order chi connectivity index (χ1) is 60.0. The van der Waals surface area contributed by atoms with Crippen LogP contribution in [0.15, 0.2) is 113 Å². The molecule has 0 spiro atoms. The molecule has 2 fully saturated rings. The number of rotatable bonds is 36. The molecule has 51 heteroatoms. The summed E-state index contributed by atoms with van der Waals surface area (Å²) in [6.45, 7) is -3.10. The first-order valence-corrected chi connectivity index (χ1v) is 40.6. The minimum Gasteiger partial charge on any atom is -0.481 e. The van der Waals surface area contributed by atoms with Crippen molar-refractivity contribution in [1.29, 1.82) is 10.8 Å². The molecule has 15 amide bonds. The Kier molecular flexibility index (Phi) is 40.2. The van der Waals surface area contributed by atoms with Crippen molar-refractivity contribution in [2.45, 2.75) is 174 Å². The van der Waals surface area contributed by atoms with Crippen molar-refractivity contribution >= 4 is 135 Å². The second-order valence-electron chi connectivity index (χ2n) is 28.5. The lowest BCUT2D eigenvalue weighted by atomic mass is 10.0. The van der Waals surface area contributed by atoms with Gasteiger partial charge in [0.25, 0.3) is 5.91 Å². The molecule has 44 nitrogen and oxygen atoms in total. The quantitative estimate of drug-likeness (QED) is 0.00777. The summed E-state index contributed by atoms with van der Waals surface area (Å²) < 4.78 is 107. The Bertz CT molecular complexity index is 4630. The van der Waals surface area contributed by atoms with Gasteiger partial charge in [-0.05, 0) is 100.0 Å². The SMILES string of the molecule is N=C(NCCC[C@@H]1NC(=O)[C@H](CCCCNC(=O)CC[C@H](NC(=O)c2ccc(N/N=C/c3ccccc3S(O)(O)O)nc2)C(=O)NCCCC[C@@H]2NC(=O)[C@@H](Cc3ccccc3)NC(=O)[C@H](CC(=O)O)NC(=O)CNC(=O)[C@H](CCCNC(=N)NC(=O)C(F)(F)F)NC2=O)NC(=O)[C@@H](Cc2ccccc2)NC(=O)[C@H](CC(=O)O)NC(=O)CNC1=O)NC(=O)C(F)(F)F. The highest BCUT2D eigenvalue weighted by Gasteiger charge is 2.42. The Morgan fingerprint density at radius 2 is 0.874 bits per heavy atom. The van der Waals surface area contributed by atoms with Crippen LogP contribution in [0.1, 0.15) is 117 Å². The molecule has 0 radical (unpaired) electrons. The minimum atomic E-state index is -5.37. The van der Waals surface area contributed by atoms with E-state index in [0.29, 0.717) is 11.1 Å². The molecule has 2 aliphatic rings. The van der Waals surface area contributed by atoms with Crippen LogP contribution in [-0.2, 0) is 89.6 Å². The van der Waals surface area contributed by atoms with E-state index in [9.17, 15) is 132 Å². The van der Waals surface area contributed by atoms with Gasteiger partial charge in [-0.3, -0.25) is 108 Å². The number of hydrogen-bond donors (Lipinski definition) is 25. The van der Waals surface area contributed by atoms with Crippen molar-refractivity contribution in [3.63, 3.8) is 0 Å². The van der Waals surface area contributed by atoms with E-state index < -0.39 is 255 Å². The van der Waals surface area contributed by atoms with Gasteiger partial charge in [-0.25, -0.2) is 4.98 Å². The van der Waals surface area contributed by atoms with Crippen LogP contribution >= 0.6 is 10.9 Å². The Labute approximate surface area is 720 Å². The zero-order valence-corrected chi connectivity index (χ0v) is 68.2. The molecule has 9 atom stereocenters. The van der Waals surface area contributed by atoms with Gasteiger partial charge in [-0.2, -0.15) is 31.4 Å². The number of amides is 15. The van der Waals surface area contributed by atoms with Gasteiger partial charge < -0.3 is 104 Å². The number of carboxylic acids is 2. The van der Waals surface area contributed by atoms with Gasteiger partial charge in [0.1, 0.15) is 71.1 Å². The highest BCUT2D eigenvalue weighted by atomic mass is 32.3. The van der Waals surface area contributed by atoms with Crippen LogP contribution in [0.3, 0.4) is 0 Å². The van der Waals surface area contributed by atoms with E-state index in [1.54, 1.807) is 60.7 Å². The fourth-order valence-electron chi connectivity index (χ4n) is 12.1. The zero-order chi connectivity index (χ0) is 93.6. The van der Waals surface area contributed by atoms with Gasteiger partial charge in [0, 0.05) is 57.2 Å². The number of hydrogen-bond acceptors (Lipinski definition) is 25. The second kappa shape index (κ2) is 50.1. The average molecular weight is 1820 g/mol. The van der Waals surface area contributed by atoms with Crippen molar-refractivity contribution < 1.29 is 132 Å². The molecular formula is C76H96F6N22O22S. The van der Waals surface area contributed by atoms with Crippen LogP contribution in [0.25, 0.3) is 0 Å². The first kappa shape index (κ1) is 102. The molecule has 0 saturated carbocycles. The smallest absolute Gasteiger partial charge is 0.471 e. The van der Waals surface area contributed by atoms with Crippen molar-refractivity contribution in [3.8, 4) is 0 Å². The molecule has 0 unspecified atom stereocenters. The number of nitrogens with one attached hydrogen (secondary N) is 20. The van der Waals surface area contributed by atoms with Crippen molar-refractivity contribution in [2.24, 2.45) is 5.10 Å². The lowest BCUT2D eigenvalue weighted by Gasteiger charge is -2.26. The Balaban J connectivity index is 1.22. The molecule has 25 N–H and O–H groups in total. The molecule has 1 aromatic heterocycles. The number of anilines is 1. The van der Waals surface area contributed by atoms with Crippen molar-refractivity contribution in [3.05, 3.63) is 126 Å². The molecule has 127 heavy (non-hydrogen) atoms. The Morgan fingerprint density at radius 3 is 1.30 bits per heavy atom. The maximum atomic E-state index is 14.5. The van der Waals surface area contributed by atoms with Gasteiger partial charge in [0.15, 0.2) is 11.9 Å². The van der Waals surface area contributed by atoms with Crippen LogP contribution in [-0.4, -0.2) is 254 Å². The Morgan fingerprint density at radius 1 is 0.480 bits per heavy atom. The standard InChI is InChI=1S/C76H96F6N22O22S/c77-75(78,79)71(122)102-73(83)87-31-13-22-45-63(114)90-39-57(106)93-52(35-59(108)109)69(120)100-50(33-41-15-3-1-4-16-41)67(118)98-47(65(116)96-45)20-9-11-29-85-56(105)28-26-49(95-61(112)44-25-27-55(89-37-44)104-92-38-43-19-7-8-24-54(43)127(124,125)126)62(113)86-30-12-10-21-48-66(117)97-46(23-14-32-88-74(84)103-72(123)76(80,81)82)64(115)91-40-58(107)94-53(36-60(110)111)70(121)101-51(68(119)99-48)34-42-17-5-2-6-18-42/h1-8,15-19,24-25,27,37-38,45-53,124-126H,9-14,20-23,26,28-36,39-40H2,(H,85,105)(H,86,113)(H,89,104)(H,90,114)(H,91,115)(H,93,106)(H,94,107)(H,95,112)(H,96,116)(H,97,117)(H,98,118)(H,99,119)(H,100,120)(H,101,121)(H,108,109)(H,110,111)(H3,83,87,102,122)(H3,84,88,103,123)/b92-38+/t45-,46-,47-,48-,49-,50+,51+,52-,53-/m0/s1. The first-order valence-electron chi connectivity index (χ1n) is 39.1. The summed E-state index contributed by atoms with van der Waals surface area (Å²) in [7, 11) is -4.17. The highest BCUT2D eigenvalue weighted by Crippen LogP contribution is 2.45. The lowest BCUT2D eigenvalue weighted by molar-refractivity contribution is -0.172. The summed E-state index contributed by atoms with van der Waals surface area (Å²) in [6.07, 6.45) is -14.2. The second-order valence-corrected chi connectivity index (χ2v) is 29.9. The average Bonchev–Trinajstić information content (AvgIpc) is 1.85. The van der Waals surface area contributed by atoms with E-state index in [1.807, 2.05) is 0 Å². The summed E-state index contributed by atoms with van der Waals surface area (Å²) in [5.41, 5.74) is 3.40. The summed E-state index contributed by atoms with van der Waals surface area (Å²) in [5.74, 6) is -23.7. The molecule has 2 aliphatic heterocycles. The number of aliphatic carboxylic acids is 2. The molecule has 690 valence electrons. The maximum absolute atomic E-state index is 14.5. The summed E-state index contributed by atoms with van der Waals surface area (Å²) in [6, 6.07) is 9.16. The minimum absolute atomic E-state index is 0.00809. The van der Waals surface area contributed by atoms with E-state index in [4.69, 9.17) is 10.8 Å². The fraction of sp³-hybridized carbons (Fsp3) is 0.434. The van der Waals surface area contributed by atoms with Crippen LogP contribution in [0, 0.1) is 10.8 Å². The Hall–Kier alpha value is -14.0. The fourth-order valence-corrected chi connectivity index (χ4v) is 12.8. The molecule has 6 rings (SSSR count). The zero-order valence-electron chi connectivity index (χ0n) is 67.4. The van der Waals surface area contributed by atoms with E-state index in [2.05, 4.69) is 95.3 Å². The number of halogens is 6. The topological polar surface area (TPSA) is 681 Å². The number of unbranched alkanes of at least 4 members (excludes halogenated alkanes) is 2. The largest absolute Gasteiger partial charge is 0.481 e. The molecule has 4 aromatic rings.